The summed E-state index contributed by atoms with van der Waals surface area (Å²) < 4.78 is 15.9. The quantitative estimate of drug-likeness (QED) is 0.478. The molecule has 0 unspecified atom stereocenters. The number of amides is 2. The third-order valence-electron chi connectivity index (χ3n) is 5.15. The molecule has 0 bridgehead atoms. The van der Waals surface area contributed by atoms with E-state index in [1.807, 2.05) is 41.5 Å². The van der Waals surface area contributed by atoms with Gasteiger partial charge in [-0.25, -0.2) is 4.39 Å². The molecule has 2 aromatic carbocycles. The fourth-order valence-electron chi connectivity index (χ4n) is 3.08. The molecule has 0 spiro atoms. The minimum absolute atomic E-state index is 0.120. The highest BCUT2D eigenvalue weighted by Crippen LogP contribution is 2.36. The standard InChI is InChI=1S/C27H30FN3O2/c1-26(2,3)24(32)30-20-13-9-7-11-17(20)18-15-16-29-23(22(18)28)19-12-8-10-14-21(19)31-25(33)27(4,5)6/h7-16H,1-6H3,(H,30,32)(H,31,33). The van der Waals surface area contributed by atoms with Crippen molar-refractivity contribution < 1.29 is 14.0 Å². The maximum Gasteiger partial charge on any atom is 0.229 e. The average molecular weight is 448 g/mol. The lowest BCUT2D eigenvalue weighted by Crippen LogP contribution is -2.28. The summed E-state index contributed by atoms with van der Waals surface area (Å²) in [6.07, 6.45) is 1.53. The predicted octanol–water partition coefficient (Wildman–Crippen LogP) is 6.52. The zero-order valence-corrected chi connectivity index (χ0v) is 19.9. The van der Waals surface area contributed by atoms with E-state index in [-0.39, 0.29) is 17.5 Å². The first kappa shape index (κ1) is 24.1. The van der Waals surface area contributed by atoms with E-state index in [4.69, 9.17) is 0 Å². The van der Waals surface area contributed by atoms with Gasteiger partial charge in [0.2, 0.25) is 11.8 Å². The topological polar surface area (TPSA) is 71.1 Å². The normalized spacial score (nSPS) is 11.7. The summed E-state index contributed by atoms with van der Waals surface area (Å²) in [6.45, 7) is 10.9. The van der Waals surface area contributed by atoms with Crippen molar-refractivity contribution in [1.82, 2.24) is 4.98 Å². The number of anilines is 2. The van der Waals surface area contributed by atoms with Gasteiger partial charge in [-0.05, 0) is 18.2 Å². The Morgan fingerprint density at radius 2 is 1.15 bits per heavy atom. The lowest BCUT2D eigenvalue weighted by atomic mass is 9.94. The van der Waals surface area contributed by atoms with E-state index >= 15 is 4.39 Å². The lowest BCUT2D eigenvalue weighted by molar-refractivity contribution is -0.123. The largest absolute Gasteiger partial charge is 0.325 e. The van der Waals surface area contributed by atoms with Crippen LogP contribution >= 0.6 is 0 Å². The van der Waals surface area contributed by atoms with Gasteiger partial charge in [0.15, 0.2) is 5.82 Å². The summed E-state index contributed by atoms with van der Waals surface area (Å²) in [5.41, 5.74) is 1.25. The smallest absolute Gasteiger partial charge is 0.229 e. The van der Waals surface area contributed by atoms with Crippen LogP contribution in [0.2, 0.25) is 0 Å². The van der Waals surface area contributed by atoms with Crippen LogP contribution in [0.25, 0.3) is 22.4 Å². The number of rotatable bonds is 4. The highest BCUT2D eigenvalue weighted by Gasteiger charge is 2.25. The molecule has 1 aromatic heterocycles. The Balaban J connectivity index is 2.08. The van der Waals surface area contributed by atoms with Crippen LogP contribution in [0, 0.1) is 16.6 Å². The van der Waals surface area contributed by atoms with E-state index in [9.17, 15) is 9.59 Å². The first-order valence-electron chi connectivity index (χ1n) is 10.9. The molecular weight excluding hydrogens is 417 g/mol. The summed E-state index contributed by atoms with van der Waals surface area (Å²) in [6, 6.07) is 15.7. The Hall–Kier alpha value is -3.54. The number of pyridine rings is 1. The zero-order chi connectivity index (χ0) is 24.4. The van der Waals surface area contributed by atoms with Gasteiger partial charge in [0.25, 0.3) is 0 Å². The van der Waals surface area contributed by atoms with Crippen molar-refractivity contribution in [2.45, 2.75) is 41.5 Å². The van der Waals surface area contributed by atoms with Crippen molar-refractivity contribution >= 4 is 23.2 Å². The molecule has 2 amide bonds. The minimum atomic E-state index is -0.606. The number of carbonyl (C=O) groups excluding carboxylic acids is 2. The van der Waals surface area contributed by atoms with Gasteiger partial charge in [-0.1, -0.05) is 77.9 Å². The van der Waals surface area contributed by atoms with Gasteiger partial charge in [0, 0.05) is 39.4 Å². The fraction of sp³-hybridized carbons (Fsp3) is 0.296. The van der Waals surface area contributed by atoms with Gasteiger partial charge in [0.1, 0.15) is 5.69 Å². The van der Waals surface area contributed by atoms with Gasteiger partial charge in [-0.15, -0.1) is 0 Å². The Kier molecular flexibility index (Phi) is 6.68. The molecule has 172 valence electrons. The number of hydrogen-bond acceptors (Lipinski definition) is 3. The number of carbonyl (C=O) groups is 2. The monoisotopic (exact) mass is 447 g/mol. The van der Waals surface area contributed by atoms with Crippen LogP contribution in [0.3, 0.4) is 0 Å². The van der Waals surface area contributed by atoms with Crippen LogP contribution in [-0.4, -0.2) is 16.8 Å². The molecule has 0 aliphatic rings. The van der Waals surface area contributed by atoms with Crippen molar-refractivity contribution in [1.29, 1.82) is 0 Å². The average Bonchev–Trinajstić information content (AvgIpc) is 2.74. The molecule has 33 heavy (non-hydrogen) atoms. The molecule has 0 fully saturated rings. The van der Waals surface area contributed by atoms with Gasteiger partial charge < -0.3 is 10.6 Å². The summed E-state index contributed by atoms with van der Waals surface area (Å²) in [5, 5.41) is 5.79. The van der Waals surface area contributed by atoms with Crippen LogP contribution in [0.15, 0.2) is 60.8 Å². The SMILES string of the molecule is CC(C)(C)C(=O)Nc1ccccc1-c1ccnc(-c2ccccc2NC(=O)C(C)(C)C)c1F. The third kappa shape index (κ3) is 5.45. The molecule has 5 nitrogen and oxygen atoms in total. The van der Waals surface area contributed by atoms with Crippen molar-refractivity contribution in [3.63, 3.8) is 0 Å². The number of halogens is 1. The van der Waals surface area contributed by atoms with Crippen LogP contribution < -0.4 is 10.6 Å². The molecule has 2 N–H and O–H groups in total. The molecule has 0 aliphatic carbocycles. The Labute approximate surface area is 194 Å². The van der Waals surface area contributed by atoms with Crippen LogP contribution in [0.4, 0.5) is 15.8 Å². The second kappa shape index (κ2) is 9.14. The van der Waals surface area contributed by atoms with Gasteiger partial charge >= 0.3 is 0 Å². The number of nitrogens with one attached hydrogen (secondary N) is 2. The highest BCUT2D eigenvalue weighted by molar-refractivity contribution is 6.00. The van der Waals surface area contributed by atoms with E-state index in [2.05, 4.69) is 15.6 Å². The van der Waals surface area contributed by atoms with E-state index < -0.39 is 16.6 Å². The minimum Gasteiger partial charge on any atom is -0.325 e. The molecule has 6 heteroatoms. The number of hydrogen-bond donors (Lipinski definition) is 2. The second-order valence-corrected chi connectivity index (χ2v) is 10.0. The maximum absolute atomic E-state index is 15.9. The number of para-hydroxylation sites is 2. The summed E-state index contributed by atoms with van der Waals surface area (Å²) in [7, 11) is 0. The van der Waals surface area contributed by atoms with E-state index in [1.54, 1.807) is 54.6 Å². The first-order chi connectivity index (χ1) is 15.4. The molecule has 1 heterocycles. The molecule has 0 saturated carbocycles. The highest BCUT2D eigenvalue weighted by atomic mass is 19.1. The lowest BCUT2D eigenvalue weighted by Gasteiger charge is -2.20. The molecule has 3 aromatic rings. The van der Waals surface area contributed by atoms with Crippen LogP contribution in [0.1, 0.15) is 41.5 Å². The predicted molar refractivity (Wildman–Crippen MR) is 131 cm³/mol. The molecule has 0 atom stereocenters. The molecule has 3 rings (SSSR count). The van der Waals surface area contributed by atoms with Crippen LogP contribution in [-0.2, 0) is 9.59 Å². The Bertz CT molecular complexity index is 1100. The summed E-state index contributed by atoms with van der Waals surface area (Å²) >= 11 is 0. The van der Waals surface area contributed by atoms with Crippen molar-refractivity contribution in [3.8, 4) is 22.4 Å². The Morgan fingerprint density at radius 1 is 0.697 bits per heavy atom. The molecule has 0 aliphatic heterocycles. The maximum atomic E-state index is 15.9. The molecule has 0 radical (unpaired) electrons. The summed E-state index contributed by atoms with van der Waals surface area (Å²) in [5.74, 6) is -0.881. The van der Waals surface area contributed by atoms with Crippen LogP contribution in [0.5, 0.6) is 0 Å². The van der Waals surface area contributed by atoms with E-state index in [0.717, 1.165) is 0 Å². The van der Waals surface area contributed by atoms with Gasteiger partial charge in [-0.3, -0.25) is 14.6 Å². The summed E-state index contributed by atoms with van der Waals surface area (Å²) in [4.78, 5) is 29.4. The molecular formula is C27H30FN3O2. The number of benzene rings is 2. The Morgan fingerprint density at radius 3 is 1.67 bits per heavy atom. The van der Waals surface area contributed by atoms with Gasteiger partial charge in [0.05, 0.1) is 5.69 Å². The van der Waals surface area contributed by atoms with Crippen molar-refractivity contribution in [3.05, 3.63) is 66.6 Å². The fourth-order valence-corrected chi connectivity index (χ4v) is 3.08. The zero-order valence-electron chi connectivity index (χ0n) is 19.9. The van der Waals surface area contributed by atoms with Crippen molar-refractivity contribution in [2.24, 2.45) is 10.8 Å². The third-order valence-corrected chi connectivity index (χ3v) is 5.15. The van der Waals surface area contributed by atoms with E-state index in [0.29, 0.717) is 28.1 Å². The van der Waals surface area contributed by atoms with E-state index in [1.165, 1.54) is 6.20 Å². The number of nitrogens with zero attached hydrogens (tertiary/aromatic N) is 1. The van der Waals surface area contributed by atoms with Crippen molar-refractivity contribution in [2.75, 3.05) is 10.6 Å². The molecule has 0 saturated heterocycles. The van der Waals surface area contributed by atoms with Gasteiger partial charge in [-0.2, -0.15) is 0 Å². The first-order valence-corrected chi connectivity index (χ1v) is 10.9. The second-order valence-electron chi connectivity index (χ2n) is 10.0. The number of aromatic nitrogens is 1.